The molecule has 2 aromatic heterocycles. The highest BCUT2D eigenvalue weighted by atomic mass is 35.5. The van der Waals surface area contributed by atoms with Crippen LogP contribution in [0.1, 0.15) is 43.7 Å². The van der Waals surface area contributed by atoms with Crippen LogP contribution in [0.3, 0.4) is 0 Å². The predicted molar refractivity (Wildman–Crippen MR) is 178 cm³/mol. The van der Waals surface area contributed by atoms with Crippen LogP contribution in [0.15, 0.2) is 103 Å². The number of benzene rings is 3. The van der Waals surface area contributed by atoms with Gasteiger partial charge in [-0.25, -0.2) is 0 Å². The smallest absolute Gasteiger partial charge is 0.174 e. The van der Waals surface area contributed by atoms with E-state index in [1.165, 1.54) is 17.2 Å². The topological polar surface area (TPSA) is 36.3 Å². The molecule has 3 aromatic carbocycles. The van der Waals surface area contributed by atoms with Gasteiger partial charge >= 0.3 is 0 Å². The molecule has 7 rings (SSSR count). The van der Waals surface area contributed by atoms with Crippen molar-refractivity contribution in [1.82, 2.24) is 14.9 Å². The fourth-order valence-electron chi connectivity index (χ4n) is 6.89. The van der Waals surface area contributed by atoms with E-state index >= 15 is 0 Å². The number of thiocarbonyl (C=S) groups is 1. The molecule has 0 aliphatic carbocycles. The van der Waals surface area contributed by atoms with Gasteiger partial charge in [0.1, 0.15) is 6.04 Å². The van der Waals surface area contributed by atoms with Crippen LogP contribution < -0.4 is 15.1 Å². The summed E-state index contributed by atoms with van der Waals surface area (Å²) in [4.78, 5) is 9.39. The Kier molecular flexibility index (Phi) is 7.12. The Morgan fingerprint density at radius 3 is 2.36 bits per heavy atom. The lowest BCUT2D eigenvalue weighted by Gasteiger charge is -2.37. The summed E-state index contributed by atoms with van der Waals surface area (Å²) in [5, 5.41) is 7.44. The third-order valence-electron chi connectivity index (χ3n) is 8.61. The number of nitrogens with zero attached hydrogens (tertiary/aromatic N) is 4. The van der Waals surface area contributed by atoms with Gasteiger partial charge in [0.15, 0.2) is 5.11 Å². The number of hydrogen-bond donors (Lipinski definition) is 1. The zero-order valence-electron chi connectivity index (χ0n) is 23.8. The van der Waals surface area contributed by atoms with Crippen molar-refractivity contribution in [3.05, 3.63) is 120 Å². The van der Waals surface area contributed by atoms with E-state index in [4.69, 9.17) is 28.8 Å². The van der Waals surface area contributed by atoms with E-state index in [9.17, 15) is 0 Å². The molecule has 2 aliphatic rings. The van der Waals surface area contributed by atoms with Crippen LogP contribution in [-0.4, -0.2) is 27.8 Å². The molecule has 212 valence electrons. The van der Waals surface area contributed by atoms with Gasteiger partial charge in [0.25, 0.3) is 0 Å². The molecular weight excluding hydrogens is 558 g/mol. The van der Waals surface area contributed by atoms with Crippen molar-refractivity contribution in [2.24, 2.45) is 11.8 Å². The van der Waals surface area contributed by atoms with Gasteiger partial charge in [-0.15, -0.1) is 0 Å². The Morgan fingerprint density at radius 1 is 0.833 bits per heavy atom. The van der Waals surface area contributed by atoms with Crippen molar-refractivity contribution in [3.8, 4) is 5.69 Å². The SMILES string of the molecule is C[C@@H]1C[C@H](C)CN(c2ccc(N3C(=S)N[C@H](c4ccccn4)[C@H]3c3cccn3-c3ccc4ccccc4c3)cc2Cl)C1. The average molecular weight is 592 g/mol. The van der Waals surface area contributed by atoms with Crippen LogP contribution in [0.25, 0.3) is 16.5 Å². The minimum Gasteiger partial charge on any atom is -0.370 e. The second-order valence-corrected chi connectivity index (χ2v) is 12.6. The third-order valence-corrected chi connectivity index (χ3v) is 9.23. The number of rotatable bonds is 5. The molecule has 4 atom stereocenters. The minimum atomic E-state index is -0.147. The maximum atomic E-state index is 7.04. The number of nitrogens with one attached hydrogen (secondary N) is 1. The first-order chi connectivity index (χ1) is 20.5. The number of halogens is 1. The molecule has 0 bridgehead atoms. The summed E-state index contributed by atoms with van der Waals surface area (Å²) in [6.07, 6.45) is 5.23. The number of piperidine rings is 1. The van der Waals surface area contributed by atoms with E-state index in [0.717, 1.165) is 46.6 Å². The summed E-state index contributed by atoms with van der Waals surface area (Å²) in [6.45, 7) is 6.70. The van der Waals surface area contributed by atoms with Crippen LogP contribution in [0.2, 0.25) is 5.02 Å². The highest BCUT2D eigenvalue weighted by molar-refractivity contribution is 7.80. The third kappa shape index (κ3) is 4.93. The highest BCUT2D eigenvalue weighted by Gasteiger charge is 2.42. The quantitative estimate of drug-likeness (QED) is 0.208. The Hall–Kier alpha value is -3.87. The van der Waals surface area contributed by atoms with Gasteiger partial charge in [0.2, 0.25) is 0 Å². The van der Waals surface area contributed by atoms with Crippen LogP contribution in [0, 0.1) is 11.8 Å². The molecule has 2 saturated heterocycles. The van der Waals surface area contributed by atoms with E-state index in [0.29, 0.717) is 16.9 Å². The summed E-state index contributed by atoms with van der Waals surface area (Å²) in [6, 6.07) is 31.5. The highest BCUT2D eigenvalue weighted by Crippen LogP contribution is 2.44. The van der Waals surface area contributed by atoms with Gasteiger partial charge in [0, 0.05) is 42.6 Å². The first kappa shape index (κ1) is 27.0. The Balaban J connectivity index is 1.31. The lowest BCUT2D eigenvalue weighted by atomic mass is 9.91. The molecule has 2 aliphatic heterocycles. The van der Waals surface area contributed by atoms with Crippen molar-refractivity contribution >= 4 is 51.1 Å². The molecule has 4 heterocycles. The molecule has 0 unspecified atom stereocenters. The van der Waals surface area contributed by atoms with Crippen LogP contribution in [0.4, 0.5) is 11.4 Å². The number of hydrogen-bond acceptors (Lipinski definition) is 3. The van der Waals surface area contributed by atoms with Crippen LogP contribution >= 0.6 is 23.8 Å². The van der Waals surface area contributed by atoms with Gasteiger partial charge in [0.05, 0.1) is 22.4 Å². The summed E-state index contributed by atoms with van der Waals surface area (Å²) in [5.41, 5.74) is 5.22. The molecule has 5 aromatic rings. The molecule has 7 heteroatoms. The standard InChI is InChI=1S/C35H34ClN5S/c1-23-18-24(2)22-39(21-23)31-15-14-28(20-29(31)36)41-34(33(38-35(41)42)30-10-5-6-16-37-30)32-11-7-17-40(32)27-13-12-25-8-3-4-9-26(25)19-27/h3-17,19-20,23-24,33-34H,18,21-22H2,1-2H3,(H,38,42)/t23-,24+,33-,34-/m1/s1. The maximum absolute atomic E-state index is 7.04. The van der Waals surface area contributed by atoms with E-state index in [1.54, 1.807) is 0 Å². The average Bonchev–Trinajstić information content (AvgIpc) is 3.61. The van der Waals surface area contributed by atoms with E-state index in [1.807, 2.05) is 18.3 Å². The normalized spacial score (nSPS) is 22.5. The molecule has 0 saturated carbocycles. The van der Waals surface area contributed by atoms with Crippen molar-refractivity contribution < 1.29 is 0 Å². The molecule has 0 radical (unpaired) electrons. The fraction of sp³-hybridized carbons (Fsp3) is 0.257. The molecule has 0 spiro atoms. The van der Waals surface area contributed by atoms with Gasteiger partial charge in [-0.05, 0) is 95.8 Å². The number of aromatic nitrogens is 2. The summed E-state index contributed by atoms with van der Waals surface area (Å²) >= 11 is 13.1. The number of anilines is 2. The van der Waals surface area contributed by atoms with Crippen molar-refractivity contribution in [3.63, 3.8) is 0 Å². The molecule has 0 amide bonds. The Bertz CT molecular complexity index is 1740. The molecular formula is C35H34ClN5S. The first-order valence-corrected chi connectivity index (χ1v) is 15.5. The molecule has 5 nitrogen and oxygen atoms in total. The van der Waals surface area contributed by atoms with Crippen molar-refractivity contribution in [2.45, 2.75) is 32.4 Å². The summed E-state index contributed by atoms with van der Waals surface area (Å²) < 4.78 is 2.27. The maximum Gasteiger partial charge on any atom is 0.174 e. The second kappa shape index (κ2) is 11.1. The largest absolute Gasteiger partial charge is 0.370 e. The Labute approximate surface area is 257 Å². The summed E-state index contributed by atoms with van der Waals surface area (Å²) in [5.74, 6) is 1.29. The zero-order chi connectivity index (χ0) is 28.8. The van der Waals surface area contributed by atoms with E-state index in [2.05, 4.69) is 119 Å². The van der Waals surface area contributed by atoms with E-state index < -0.39 is 0 Å². The van der Waals surface area contributed by atoms with Crippen molar-refractivity contribution in [2.75, 3.05) is 22.9 Å². The zero-order valence-corrected chi connectivity index (χ0v) is 25.4. The predicted octanol–water partition coefficient (Wildman–Crippen LogP) is 8.34. The molecule has 2 fully saturated rings. The number of pyridine rings is 1. The van der Waals surface area contributed by atoms with Crippen molar-refractivity contribution in [1.29, 1.82) is 0 Å². The molecule has 42 heavy (non-hydrogen) atoms. The van der Waals surface area contributed by atoms with E-state index in [-0.39, 0.29) is 12.1 Å². The molecule has 1 N–H and O–H groups in total. The Morgan fingerprint density at radius 2 is 1.60 bits per heavy atom. The van der Waals surface area contributed by atoms with Gasteiger partial charge in [-0.2, -0.15) is 0 Å². The fourth-order valence-corrected chi connectivity index (χ4v) is 7.53. The van der Waals surface area contributed by atoms with Crippen LogP contribution in [0.5, 0.6) is 0 Å². The van der Waals surface area contributed by atoms with Gasteiger partial charge < -0.3 is 19.7 Å². The summed E-state index contributed by atoms with van der Waals surface area (Å²) in [7, 11) is 0. The monoisotopic (exact) mass is 591 g/mol. The first-order valence-electron chi connectivity index (χ1n) is 14.7. The minimum absolute atomic E-state index is 0.143. The second-order valence-electron chi connectivity index (χ2n) is 11.8. The van der Waals surface area contributed by atoms with Crippen LogP contribution in [-0.2, 0) is 0 Å². The van der Waals surface area contributed by atoms with Gasteiger partial charge in [-0.3, -0.25) is 4.98 Å². The number of fused-ring (bicyclic) bond motifs is 1. The van der Waals surface area contributed by atoms with Gasteiger partial charge in [-0.1, -0.05) is 61.8 Å². The lowest BCUT2D eigenvalue weighted by Crippen LogP contribution is -2.38. The lowest BCUT2D eigenvalue weighted by molar-refractivity contribution is 0.357.